The number of hydrogen-bond donors (Lipinski definition) is 2. The lowest BCUT2D eigenvalue weighted by atomic mass is 9.92. The number of rotatable bonds is 3. The number of ether oxygens (including phenoxy) is 1. The molecule has 0 spiro atoms. The van der Waals surface area contributed by atoms with Gasteiger partial charge in [0, 0.05) is 12.1 Å². The number of benzene rings is 1. The van der Waals surface area contributed by atoms with Gasteiger partial charge in [-0.05, 0) is 57.7 Å². The van der Waals surface area contributed by atoms with E-state index in [4.69, 9.17) is 4.74 Å². The molecule has 1 amide bonds. The zero-order chi connectivity index (χ0) is 16.2. The van der Waals surface area contributed by atoms with Crippen LogP contribution in [0.15, 0.2) is 24.3 Å². The highest BCUT2D eigenvalue weighted by molar-refractivity contribution is 5.68. The number of alkyl carbamates (subject to hydrolysis) is 1. The van der Waals surface area contributed by atoms with E-state index in [-0.39, 0.29) is 12.1 Å². The van der Waals surface area contributed by atoms with Crippen molar-refractivity contribution in [3.8, 4) is 0 Å². The Bertz CT molecular complexity index is 508. The number of hydrogen-bond acceptors (Lipinski definition) is 3. The lowest BCUT2D eigenvalue weighted by molar-refractivity contribution is 0.0490. The predicted molar refractivity (Wildman–Crippen MR) is 89.0 cm³/mol. The van der Waals surface area contributed by atoms with Gasteiger partial charge in [-0.15, -0.1) is 0 Å². The Morgan fingerprint density at radius 1 is 1.41 bits per heavy atom. The molecule has 2 atom stereocenters. The molecule has 1 aliphatic heterocycles. The summed E-state index contributed by atoms with van der Waals surface area (Å²) >= 11 is 0. The van der Waals surface area contributed by atoms with E-state index in [1.807, 2.05) is 20.8 Å². The van der Waals surface area contributed by atoms with Gasteiger partial charge in [0.1, 0.15) is 5.60 Å². The van der Waals surface area contributed by atoms with Crippen LogP contribution in [0.2, 0.25) is 0 Å². The SMILES string of the molecule is CCc1cccc(C2CC(NC(=O)OC(C)(C)C)CCN2)c1. The lowest BCUT2D eigenvalue weighted by Crippen LogP contribution is -2.45. The first-order valence-corrected chi connectivity index (χ1v) is 8.19. The van der Waals surface area contributed by atoms with Crippen LogP contribution in [0.3, 0.4) is 0 Å². The van der Waals surface area contributed by atoms with Gasteiger partial charge < -0.3 is 15.4 Å². The Balaban J connectivity index is 1.95. The highest BCUT2D eigenvalue weighted by Crippen LogP contribution is 2.24. The van der Waals surface area contributed by atoms with Gasteiger partial charge in [0.05, 0.1) is 0 Å². The molecule has 0 saturated carbocycles. The van der Waals surface area contributed by atoms with Crippen molar-refractivity contribution in [2.24, 2.45) is 0 Å². The van der Waals surface area contributed by atoms with E-state index in [0.29, 0.717) is 6.04 Å². The zero-order valence-electron chi connectivity index (χ0n) is 14.1. The van der Waals surface area contributed by atoms with Crippen molar-refractivity contribution in [1.29, 1.82) is 0 Å². The first-order chi connectivity index (χ1) is 10.4. The molecule has 0 bridgehead atoms. The molecule has 2 rings (SSSR count). The van der Waals surface area contributed by atoms with Crippen LogP contribution in [-0.2, 0) is 11.2 Å². The van der Waals surface area contributed by atoms with Crippen LogP contribution in [0.4, 0.5) is 4.79 Å². The summed E-state index contributed by atoms with van der Waals surface area (Å²) in [7, 11) is 0. The van der Waals surface area contributed by atoms with Gasteiger partial charge in [0.25, 0.3) is 0 Å². The molecule has 4 nitrogen and oxygen atoms in total. The molecule has 1 heterocycles. The van der Waals surface area contributed by atoms with Crippen molar-refractivity contribution in [2.45, 2.75) is 64.6 Å². The average molecular weight is 304 g/mol. The number of nitrogens with one attached hydrogen (secondary N) is 2. The maximum atomic E-state index is 11.9. The molecule has 4 heteroatoms. The highest BCUT2D eigenvalue weighted by atomic mass is 16.6. The summed E-state index contributed by atoms with van der Waals surface area (Å²) in [6.07, 6.45) is 2.55. The third-order valence-electron chi connectivity index (χ3n) is 3.89. The third-order valence-corrected chi connectivity index (χ3v) is 3.89. The highest BCUT2D eigenvalue weighted by Gasteiger charge is 2.26. The van der Waals surface area contributed by atoms with Gasteiger partial charge in [-0.25, -0.2) is 4.79 Å². The Morgan fingerprint density at radius 2 is 2.18 bits per heavy atom. The van der Waals surface area contributed by atoms with Crippen LogP contribution >= 0.6 is 0 Å². The maximum absolute atomic E-state index is 11.9. The van der Waals surface area contributed by atoms with Gasteiger partial charge in [-0.3, -0.25) is 0 Å². The second-order valence-corrected chi connectivity index (χ2v) is 6.97. The van der Waals surface area contributed by atoms with Gasteiger partial charge in [0.15, 0.2) is 0 Å². The Kier molecular flexibility index (Phi) is 5.46. The summed E-state index contributed by atoms with van der Waals surface area (Å²) in [4.78, 5) is 11.9. The van der Waals surface area contributed by atoms with E-state index in [1.54, 1.807) is 0 Å². The summed E-state index contributed by atoms with van der Waals surface area (Å²) in [6, 6.07) is 9.13. The molecule has 1 aromatic rings. The molecule has 1 saturated heterocycles. The van der Waals surface area contributed by atoms with E-state index in [1.165, 1.54) is 11.1 Å². The molecule has 1 fully saturated rings. The van der Waals surface area contributed by atoms with Crippen LogP contribution in [0.1, 0.15) is 57.7 Å². The van der Waals surface area contributed by atoms with Crippen LogP contribution in [0.25, 0.3) is 0 Å². The van der Waals surface area contributed by atoms with Gasteiger partial charge >= 0.3 is 6.09 Å². The van der Waals surface area contributed by atoms with Gasteiger partial charge in [-0.2, -0.15) is 0 Å². The topological polar surface area (TPSA) is 50.4 Å². The number of carbonyl (C=O) groups is 1. The Hall–Kier alpha value is -1.55. The van der Waals surface area contributed by atoms with Crippen molar-refractivity contribution in [3.63, 3.8) is 0 Å². The van der Waals surface area contributed by atoms with E-state index < -0.39 is 5.60 Å². The minimum Gasteiger partial charge on any atom is -0.444 e. The fourth-order valence-corrected chi connectivity index (χ4v) is 2.81. The molecule has 0 aliphatic carbocycles. The Labute approximate surface area is 133 Å². The molecule has 1 aromatic carbocycles. The number of carbonyl (C=O) groups excluding carboxylic acids is 1. The fraction of sp³-hybridized carbons (Fsp3) is 0.611. The van der Waals surface area contributed by atoms with Crippen LogP contribution < -0.4 is 10.6 Å². The molecular formula is C18H28N2O2. The molecular weight excluding hydrogens is 276 g/mol. The normalized spacial score (nSPS) is 22.2. The second-order valence-electron chi connectivity index (χ2n) is 6.97. The van der Waals surface area contributed by atoms with Crippen molar-refractivity contribution < 1.29 is 9.53 Å². The fourth-order valence-electron chi connectivity index (χ4n) is 2.81. The standard InChI is InChI=1S/C18H28N2O2/c1-5-13-7-6-8-14(11-13)16-12-15(9-10-19-16)20-17(21)22-18(2,3)4/h6-8,11,15-16,19H,5,9-10,12H2,1-4H3,(H,20,21). The van der Waals surface area contributed by atoms with Crippen molar-refractivity contribution in [3.05, 3.63) is 35.4 Å². The molecule has 2 unspecified atom stereocenters. The van der Waals surface area contributed by atoms with Gasteiger partial charge in [0.2, 0.25) is 0 Å². The summed E-state index contributed by atoms with van der Waals surface area (Å²) in [5, 5.41) is 6.55. The number of piperidine rings is 1. The summed E-state index contributed by atoms with van der Waals surface area (Å²) in [6.45, 7) is 8.72. The van der Waals surface area contributed by atoms with Crippen molar-refractivity contribution in [2.75, 3.05) is 6.54 Å². The number of aryl methyl sites for hydroxylation is 1. The zero-order valence-corrected chi connectivity index (χ0v) is 14.1. The minimum absolute atomic E-state index is 0.159. The third kappa shape index (κ3) is 5.02. The van der Waals surface area contributed by atoms with E-state index in [2.05, 4.69) is 41.8 Å². The first kappa shape index (κ1) is 16.8. The summed E-state index contributed by atoms with van der Waals surface area (Å²) < 4.78 is 5.35. The average Bonchev–Trinajstić information content (AvgIpc) is 2.45. The number of amides is 1. The van der Waals surface area contributed by atoms with E-state index in [9.17, 15) is 4.79 Å². The first-order valence-electron chi connectivity index (χ1n) is 8.19. The molecule has 2 N–H and O–H groups in total. The maximum Gasteiger partial charge on any atom is 0.407 e. The molecule has 122 valence electrons. The van der Waals surface area contributed by atoms with Crippen LogP contribution in [0, 0.1) is 0 Å². The van der Waals surface area contributed by atoms with Gasteiger partial charge in [-0.1, -0.05) is 31.2 Å². The monoisotopic (exact) mass is 304 g/mol. The second kappa shape index (κ2) is 7.14. The largest absolute Gasteiger partial charge is 0.444 e. The minimum atomic E-state index is -0.453. The van der Waals surface area contributed by atoms with E-state index in [0.717, 1.165) is 25.8 Å². The Morgan fingerprint density at radius 3 is 2.86 bits per heavy atom. The summed E-state index contributed by atoms with van der Waals surface area (Å²) in [5.41, 5.74) is 2.20. The van der Waals surface area contributed by atoms with Crippen molar-refractivity contribution >= 4 is 6.09 Å². The van der Waals surface area contributed by atoms with Crippen LogP contribution in [0.5, 0.6) is 0 Å². The molecule has 1 aliphatic rings. The predicted octanol–water partition coefficient (Wildman–Crippen LogP) is 3.57. The summed E-state index contributed by atoms with van der Waals surface area (Å²) in [5.74, 6) is 0. The lowest BCUT2D eigenvalue weighted by Gasteiger charge is -2.32. The van der Waals surface area contributed by atoms with Crippen molar-refractivity contribution in [1.82, 2.24) is 10.6 Å². The smallest absolute Gasteiger partial charge is 0.407 e. The van der Waals surface area contributed by atoms with E-state index >= 15 is 0 Å². The molecule has 22 heavy (non-hydrogen) atoms. The quantitative estimate of drug-likeness (QED) is 0.897. The molecule has 0 aromatic heterocycles. The van der Waals surface area contributed by atoms with Crippen LogP contribution in [-0.4, -0.2) is 24.3 Å². The molecule has 0 radical (unpaired) electrons.